The fourth-order valence-electron chi connectivity index (χ4n) is 4.26. The number of para-hydroxylation sites is 1. The smallest absolute Gasteiger partial charge is 0.250 e. The molecule has 1 N–H and O–H groups in total. The summed E-state index contributed by atoms with van der Waals surface area (Å²) in [6.07, 6.45) is 14.0. The summed E-state index contributed by atoms with van der Waals surface area (Å²) >= 11 is 0. The highest BCUT2D eigenvalue weighted by molar-refractivity contribution is 6.00. The monoisotopic (exact) mass is 392 g/mol. The highest BCUT2D eigenvalue weighted by Crippen LogP contribution is 2.30. The zero-order chi connectivity index (χ0) is 20.1. The van der Waals surface area contributed by atoms with E-state index in [4.69, 9.17) is 0 Å². The topological polar surface area (TPSA) is 67.2 Å². The summed E-state index contributed by atoms with van der Waals surface area (Å²) in [5.41, 5.74) is 3.56. The van der Waals surface area contributed by atoms with E-state index in [1.165, 1.54) is 24.0 Å². The highest BCUT2D eigenvalue weighted by atomic mass is 16.2. The Kier molecular flexibility index (Phi) is 6.08. The van der Waals surface area contributed by atoms with E-state index in [1.807, 2.05) is 18.2 Å². The lowest BCUT2D eigenvalue weighted by Crippen LogP contribution is -2.39. The van der Waals surface area contributed by atoms with Crippen molar-refractivity contribution in [2.75, 3.05) is 18.0 Å². The Balaban J connectivity index is 1.40. The van der Waals surface area contributed by atoms with E-state index in [2.05, 4.69) is 22.4 Å². The van der Waals surface area contributed by atoms with Crippen LogP contribution in [-0.2, 0) is 16.0 Å². The second-order valence-corrected chi connectivity index (χ2v) is 7.81. The summed E-state index contributed by atoms with van der Waals surface area (Å²) in [5, 5.41) is 3.00. The lowest BCUT2D eigenvalue weighted by atomic mass is 9.97. The van der Waals surface area contributed by atoms with Crippen LogP contribution in [0.4, 0.5) is 5.69 Å². The lowest BCUT2D eigenvalue weighted by Gasteiger charge is -2.25. The number of hydrogen-bond donors (Lipinski definition) is 1. The molecule has 4 rings (SSSR count). The molecule has 1 atom stereocenters. The average Bonchev–Trinajstić information content (AvgIpc) is 3.42. The number of allylic oxidation sites excluding steroid dienone is 1. The van der Waals surface area contributed by atoms with Crippen molar-refractivity contribution in [2.24, 2.45) is 0 Å². The average molecular weight is 393 g/mol. The molecule has 0 saturated heterocycles. The molecule has 0 spiro atoms. The minimum Gasteiger partial charge on any atom is -0.356 e. The number of fused-ring (bicyclic) bond motifs is 1. The third-order valence-corrected chi connectivity index (χ3v) is 5.86. The van der Waals surface area contributed by atoms with Crippen LogP contribution in [0.5, 0.6) is 0 Å². The van der Waals surface area contributed by atoms with Gasteiger partial charge in [0.2, 0.25) is 5.91 Å². The van der Waals surface area contributed by atoms with Crippen molar-refractivity contribution in [3.05, 3.63) is 60.2 Å². The zero-order valence-corrected chi connectivity index (χ0v) is 16.7. The molecule has 1 aromatic carbocycles. The Morgan fingerprint density at radius 3 is 2.86 bits per heavy atom. The predicted molar refractivity (Wildman–Crippen MR) is 113 cm³/mol. The molecule has 2 heterocycles. The number of nitrogens with zero attached hydrogens (tertiary/aromatic N) is 3. The van der Waals surface area contributed by atoms with Gasteiger partial charge in [-0.2, -0.15) is 0 Å². The molecule has 29 heavy (non-hydrogen) atoms. The Hall–Kier alpha value is -2.89. The van der Waals surface area contributed by atoms with Gasteiger partial charge in [0.15, 0.2) is 0 Å². The number of rotatable bonds is 7. The van der Waals surface area contributed by atoms with Gasteiger partial charge in [-0.25, -0.2) is 4.98 Å². The number of aromatic nitrogens is 2. The number of nitrogens with one attached hydrogen (secondary N) is 1. The number of carbonyl (C=O) groups excluding carboxylic acids is 2. The molecule has 1 aliphatic heterocycles. The van der Waals surface area contributed by atoms with E-state index in [0.29, 0.717) is 13.1 Å². The Morgan fingerprint density at radius 1 is 1.17 bits per heavy atom. The molecule has 2 aromatic rings. The minimum atomic E-state index is -0.586. The molecule has 0 fully saturated rings. The van der Waals surface area contributed by atoms with Crippen molar-refractivity contribution in [1.82, 2.24) is 14.9 Å². The van der Waals surface area contributed by atoms with Gasteiger partial charge in [-0.05, 0) is 50.2 Å². The maximum atomic E-state index is 13.4. The number of imidazole rings is 1. The van der Waals surface area contributed by atoms with Crippen molar-refractivity contribution in [3.8, 4) is 0 Å². The Bertz CT molecular complexity index is 888. The van der Waals surface area contributed by atoms with Crippen LogP contribution in [0.3, 0.4) is 0 Å². The molecule has 6 heteroatoms. The molecular formula is C23H28N4O2. The van der Waals surface area contributed by atoms with Crippen molar-refractivity contribution in [1.29, 1.82) is 0 Å². The molecule has 1 aliphatic carbocycles. The summed E-state index contributed by atoms with van der Waals surface area (Å²) in [7, 11) is 0. The van der Waals surface area contributed by atoms with E-state index in [9.17, 15) is 9.59 Å². The molecule has 0 saturated carbocycles. The van der Waals surface area contributed by atoms with E-state index in [1.54, 1.807) is 28.2 Å². The van der Waals surface area contributed by atoms with Gasteiger partial charge < -0.3 is 14.8 Å². The van der Waals surface area contributed by atoms with Crippen LogP contribution in [-0.4, -0.2) is 34.5 Å². The first-order valence-electron chi connectivity index (χ1n) is 10.5. The second kappa shape index (κ2) is 9.07. The maximum absolute atomic E-state index is 13.4. The van der Waals surface area contributed by atoms with Crippen LogP contribution in [0.2, 0.25) is 0 Å². The predicted octanol–water partition coefficient (Wildman–Crippen LogP) is 3.41. The molecular weight excluding hydrogens is 364 g/mol. The summed E-state index contributed by atoms with van der Waals surface area (Å²) in [5.74, 6) is -0.154. The summed E-state index contributed by atoms with van der Waals surface area (Å²) < 4.78 is 1.74. The standard InChI is InChI=1S/C23H28N4O2/c28-22(25-12-10-18-6-2-1-3-7-18)16-21(26-15-13-24-17-26)23(29)27-14-11-19-8-4-5-9-20(19)27/h4-6,8-9,13,15,17,21H,1-3,7,10-12,14,16H2,(H,25,28)/t21-/m0/s1. The third kappa shape index (κ3) is 4.58. The van der Waals surface area contributed by atoms with Crippen molar-refractivity contribution in [2.45, 2.75) is 51.0 Å². The first kappa shape index (κ1) is 19.4. The van der Waals surface area contributed by atoms with Gasteiger partial charge in [-0.1, -0.05) is 29.8 Å². The normalized spacial score (nSPS) is 16.8. The number of amides is 2. The first-order chi connectivity index (χ1) is 14.2. The van der Waals surface area contributed by atoms with Crippen LogP contribution in [0.1, 0.15) is 50.1 Å². The Labute approximate surface area is 171 Å². The van der Waals surface area contributed by atoms with Crippen LogP contribution >= 0.6 is 0 Å². The van der Waals surface area contributed by atoms with Gasteiger partial charge in [0, 0.05) is 31.2 Å². The third-order valence-electron chi connectivity index (χ3n) is 5.86. The van der Waals surface area contributed by atoms with Crippen LogP contribution in [0.25, 0.3) is 0 Å². The van der Waals surface area contributed by atoms with Crippen molar-refractivity contribution >= 4 is 17.5 Å². The van der Waals surface area contributed by atoms with Crippen molar-refractivity contribution in [3.63, 3.8) is 0 Å². The van der Waals surface area contributed by atoms with Gasteiger partial charge in [0.25, 0.3) is 5.91 Å². The molecule has 2 aliphatic rings. The quantitative estimate of drug-likeness (QED) is 0.735. The van der Waals surface area contributed by atoms with Gasteiger partial charge in [-0.3, -0.25) is 9.59 Å². The molecule has 0 radical (unpaired) electrons. The first-order valence-corrected chi connectivity index (χ1v) is 10.5. The number of benzene rings is 1. The molecule has 152 valence electrons. The number of hydrogen-bond acceptors (Lipinski definition) is 3. The second-order valence-electron chi connectivity index (χ2n) is 7.81. The molecule has 1 aromatic heterocycles. The highest BCUT2D eigenvalue weighted by Gasteiger charge is 2.32. The summed E-state index contributed by atoms with van der Waals surface area (Å²) in [6, 6.07) is 7.39. The van der Waals surface area contributed by atoms with Gasteiger partial charge in [0.05, 0.1) is 12.7 Å². The van der Waals surface area contributed by atoms with Crippen LogP contribution in [0, 0.1) is 0 Å². The fourth-order valence-corrected chi connectivity index (χ4v) is 4.26. The van der Waals surface area contributed by atoms with Crippen LogP contribution < -0.4 is 10.2 Å². The Morgan fingerprint density at radius 2 is 2.07 bits per heavy atom. The fraction of sp³-hybridized carbons (Fsp3) is 0.435. The SMILES string of the molecule is O=C(C[C@@H](C(=O)N1CCc2ccccc21)n1ccnc1)NCCC1=CCCCC1. The summed E-state index contributed by atoms with van der Waals surface area (Å²) in [4.78, 5) is 31.9. The van der Waals surface area contributed by atoms with E-state index >= 15 is 0 Å². The van der Waals surface area contributed by atoms with Gasteiger partial charge in [0.1, 0.15) is 6.04 Å². The number of anilines is 1. The lowest BCUT2D eigenvalue weighted by molar-refractivity contribution is -0.128. The van der Waals surface area contributed by atoms with E-state index < -0.39 is 6.04 Å². The van der Waals surface area contributed by atoms with E-state index in [-0.39, 0.29) is 18.2 Å². The van der Waals surface area contributed by atoms with Gasteiger partial charge in [-0.15, -0.1) is 0 Å². The number of carbonyl (C=O) groups is 2. The summed E-state index contributed by atoms with van der Waals surface area (Å²) in [6.45, 7) is 1.28. The van der Waals surface area contributed by atoms with E-state index in [0.717, 1.165) is 31.4 Å². The molecule has 0 unspecified atom stereocenters. The molecule has 2 amide bonds. The van der Waals surface area contributed by atoms with Crippen LogP contribution in [0.15, 0.2) is 54.6 Å². The maximum Gasteiger partial charge on any atom is 0.250 e. The zero-order valence-electron chi connectivity index (χ0n) is 16.7. The van der Waals surface area contributed by atoms with Crippen molar-refractivity contribution < 1.29 is 9.59 Å². The largest absolute Gasteiger partial charge is 0.356 e. The minimum absolute atomic E-state index is 0.0573. The molecule has 6 nitrogen and oxygen atoms in total. The molecule has 0 bridgehead atoms. The van der Waals surface area contributed by atoms with Gasteiger partial charge >= 0.3 is 0 Å².